The Kier molecular flexibility index (Phi) is 3.50. The highest BCUT2D eigenvalue weighted by molar-refractivity contribution is 6.15. The Hall–Kier alpha value is -3.54. The zero-order chi connectivity index (χ0) is 18.4. The second-order valence-electron chi connectivity index (χ2n) is 6.48. The zero-order valence-electron chi connectivity index (χ0n) is 14.6. The molecule has 0 saturated carbocycles. The monoisotopic (exact) mass is 360 g/mol. The molecule has 0 saturated heterocycles. The van der Waals surface area contributed by atoms with Crippen molar-refractivity contribution in [3.8, 4) is 28.5 Å². The fraction of sp³-hybridized carbons (Fsp3) is 0.143. The molecule has 0 bridgehead atoms. The van der Waals surface area contributed by atoms with Crippen LogP contribution in [-0.2, 0) is 6.42 Å². The SMILES string of the molecule is COc1ccc2c(c1)C/C(=C\c1cc(-c3ccc4c(c3)OCO4)n[nH]1)C2=O. The summed E-state index contributed by atoms with van der Waals surface area (Å²) in [6, 6.07) is 13.2. The van der Waals surface area contributed by atoms with Gasteiger partial charge >= 0.3 is 0 Å². The lowest BCUT2D eigenvalue weighted by Crippen LogP contribution is -1.95. The standard InChI is InChI=1S/C21H16N2O4/c1-25-16-3-4-17-13(8-16)6-14(21(17)24)7-15-10-18(23-22-15)12-2-5-19-20(9-12)27-11-26-19/h2-5,7-10H,6,11H2,1H3,(H,22,23)/b14-7+. The number of methoxy groups -OCH3 is 1. The highest BCUT2D eigenvalue weighted by atomic mass is 16.7. The predicted molar refractivity (Wildman–Crippen MR) is 99.2 cm³/mol. The molecule has 0 radical (unpaired) electrons. The van der Waals surface area contributed by atoms with E-state index in [4.69, 9.17) is 14.2 Å². The molecule has 1 aliphatic heterocycles. The molecule has 2 aliphatic rings. The Labute approximate surface area is 155 Å². The van der Waals surface area contributed by atoms with Gasteiger partial charge in [-0.1, -0.05) is 0 Å². The van der Waals surface area contributed by atoms with Crippen molar-refractivity contribution < 1.29 is 19.0 Å². The van der Waals surface area contributed by atoms with Crippen LogP contribution in [0.3, 0.4) is 0 Å². The molecule has 1 aliphatic carbocycles. The molecule has 6 nitrogen and oxygen atoms in total. The number of hydrogen-bond donors (Lipinski definition) is 1. The van der Waals surface area contributed by atoms with E-state index in [0.717, 1.165) is 45.2 Å². The number of allylic oxidation sites excluding steroid dienone is 1. The number of ketones is 1. The van der Waals surface area contributed by atoms with Crippen LogP contribution in [0.1, 0.15) is 21.6 Å². The number of ether oxygens (including phenoxy) is 3. The van der Waals surface area contributed by atoms with Gasteiger partial charge in [-0.2, -0.15) is 5.10 Å². The molecule has 27 heavy (non-hydrogen) atoms. The molecule has 1 N–H and O–H groups in total. The lowest BCUT2D eigenvalue weighted by Gasteiger charge is -2.01. The molecule has 5 rings (SSSR count). The number of benzene rings is 2. The summed E-state index contributed by atoms with van der Waals surface area (Å²) in [5, 5.41) is 7.35. The van der Waals surface area contributed by atoms with Gasteiger partial charge in [0.25, 0.3) is 0 Å². The van der Waals surface area contributed by atoms with Gasteiger partial charge in [-0.05, 0) is 54.1 Å². The van der Waals surface area contributed by atoms with Crippen LogP contribution < -0.4 is 14.2 Å². The summed E-state index contributed by atoms with van der Waals surface area (Å²) in [7, 11) is 1.62. The summed E-state index contributed by atoms with van der Waals surface area (Å²) in [6.45, 7) is 0.240. The maximum absolute atomic E-state index is 12.6. The summed E-state index contributed by atoms with van der Waals surface area (Å²) < 4.78 is 16.0. The molecule has 0 amide bonds. The van der Waals surface area contributed by atoms with Crippen LogP contribution in [-0.4, -0.2) is 29.9 Å². The van der Waals surface area contributed by atoms with Crippen molar-refractivity contribution in [2.45, 2.75) is 6.42 Å². The van der Waals surface area contributed by atoms with Crippen LogP contribution in [0.25, 0.3) is 17.3 Å². The Bertz CT molecular complexity index is 1100. The van der Waals surface area contributed by atoms with E-state index in [0.29, 0.717) is 12.2 Å². The summed E-state index contributed by atoms with van der Waals surface area (Å²) in [5.74, 6) is 2.26. The minimum absolute atomic E-state index is 0.0480. The minimum atomic E-state index is 0.0480. The first-order chi connectivity index (χ1) is 13.2. The average molecular weight is 360 g/mol. The minimum Gasteiger partial charge on any atom is -0.497 e. The summed E-state index contributed by atoms with van der Waals surface area (Å²) >= 11 is 0. The molecule has 134 valence electrons. The first kappa shape index (κ1) is 15.7. The second kappa shape index (κ2) is 6.02. The molecule has 0 atom stereocenters. The Morgan fingerprint density at radius 2 is 2.00 bits per heavy atom. The smallest absolute Gasteiger partial charge is 0.231 e. The number of carbonyl (C=O) groups is 1. The van der Waals surface area contributed by atoms with Gasteiger partial charge in [-0.3, -0.25) is 9.89 Å². The number of fused-ring (bicyclic) bond motifs is 2. The molecule has 0 fully saturated rings. The number of aromatic amines is 1. The number of carbonyl (C=O) groups excluding carboxylic acids is 1. The molecule has 3 aromatic rings. The van der Waals surface area contributed by atoms with Crippen LogP contribution in [0, 0.1) is 0 Å². The van der Waals surface area contributed by atoms with E-state index in [2.05, 4.69) is 10.2 Å². The number of aromatic nitrogens is 2. The van der Waals surface area contributed by atoms with Gasteiger partial charge in [0, 0.05) is 23.1 Å². The average Bonchev–Trinajstić information content (AvgIpc) is 3.41. The van der Waals surface area contributed by atoms with E-state index in [1.54, 1.807) is 7.11 Å². The van der Waals surface area contributed by atoms with E-state index in [1.807, 2.05) is 48.5 Å². The topological polar surface area (TPSA) is 73.4 Å². The number of nitrogens with zero attached hydrogens (tertiary/aromatic N) is 1. The summed E-state index contributed by atoms with van der Waals surface area (Å²) in [4.78, 5) is 12.6. The van der Waals surface area contributed by atoms with Crippen molar-refractivity contribution in [1.29, 1.82) is 0 Å². The fourth-order valence-electron chi connectivity index (χ4n) is 3.44. The third kappa shape index (κ3) is 2.66. The van der Waals surface area contributed by atoms with Crippen LogP contribution in [0.4, 0.5) is 0 Å². The van der Waals surface area contributed by atoms with Crippen molar-refractivity contribution >= 4 is 11.9 Å². The molecular formula is C21H16N2O4. The van der Waals surface area contributed by atoms with Crippen molar-refractivity contribution in [1.82, 2.24) is 10.2 Å². The zero-order valence-corrected chi connectivity index (χ0v) is 14.6. The van der Waals surface area contributed by atoms with Gasteiger partial charge in [0.1, 0.15) is 5.75 Å². The van der Waals surface area contributed by atoms with Gasteiger partial charge in [0.15, 0.2) is 17.3 Å². The van der Waals surface area contributed by atoms with Gasteiger partial charge in [-0.15, -0.1) is 0 Å². The number of hydrogen-bond acceptors (Lipinski definition) is 5. The number of nitrogens with one attached hydrogen (secondary N) is 1. The third-order valence-corrected chi connectivity index (χ3v) is 4.83. The highest BCUT2D eigenvalue weighted by Gasteiger charge is 2.25. The maximum atomic E-state index is 12.6. The van der Waals surface area contributed by atoms with Crippen molar-refractivity contribution in [3.05, 3.63) is 64.9 Å². The summed E-state index contributed by atoms with van der Waals surface area (Å²) in [6.07, 6.45) is 2.45. The second-order valence-corrected chi connectivity index (χ2v) is 6.48. The number of rotatable bonds is 3. The van der Waals surface area contributed by atoms with Gasteiger partial charge in [0.05, 0.1) is 18.5 Å². The maximum Gasteiger partial charge on any atom is 0.231 e. The number of Topliss-reactive ketones (excluding diaryl/α,β-unsaturated/α-hetero) is 1. The first-order valence-electron chi connectivity index (χ1n) is 8.59. The lowest BCUT2D eigenvalue weighted by atomic mass is 10.1. The Morgan fingerprint density at radius 1 is 1.11 bits per heavy atom. The fourth-order valence-corrected chi connectivity index (χ4v) is 3.44. The molecule has 1 aromatic heterocycles. The summed E-state index contributed by atoms with van der Waals surface area (Å²) in [5.41, 5.74) is 4.94. The quantitative estimate of drug-likeness (QED) is 0.722. The third-order valence-electron chi connectivity index (χ3n) is 4.83. The molecular weight excluding hydrogens is 344 g/mol. The molecule has 2 aromatic carbocycles. The molecule has 2 heterocycles. The van der Waals surface area contributed by atoms with Crippen LogP contribution in [0.15, 0.2) is 48.0 Å². The van der Waals surface area contributed by atoms with Gasteiger partial charge < -0.3 is 14.2 Å². The van der Waals surface area contributed by atoms with Crippen LogP contribution >= 0.6 is 0 Å². The molecule has 0 unspecified atom stereocenters. The number of H-pyrrole nitrogens is 1. The van der Waals surface area contributed by atoms with Crippen molar-refractivity contribution in [3.63, 3.8) is 0 Å². The molecule has 0 spiro atoms. The van der Waals surface area contributed by atoms with Crippen molar-refractivity contribution in [2.75, 3.05) is 13.9 Å². The lowest BCUT2D eigenvalue weighted by molar-refractivity contribution is 0.104. The van der Waals surface area contributed by atoms with E-state index in [-0.39, 0.29) is 12.6 Å². The van der Waals surface area contributed by atoms with E-state index in [1.165, 1.54) is 0 Å². The van der Waals surface area contributed by atoms with E-state index >= 15 is 0 Å². The normalized spacial score (nSPS) is 16.0. The Morgan fingerprint density at radius 3 is 2.89 bits per heavy atom. The molecule has 6 heteroatoms. The van der Waals surface area contributed by atoms with Crippen molar-refractivity contribution in [2.24, 2.45) is 0 Å². The van der Waals surface area contributed by atoms with E-state index in [9.17, 15) is 4.79 Å². The van der Waals surface area contributed by atoms with Gasteiger partial charge in [0.2, 0.25) is 6.79 Å². The first-order valence-corrected chi connectivity index (χ1v) is 8.59. The highest BCUT2D eigenvalue weighted by Crippen LogP contribution is 2.36. The van der Waals surface area contributed by atoms with E-state index < -0.39 is 0 Å². The predicted octanol–water partition coefficient (Wildman–Crippen LogP) is 3.64. The Balaban J connectivity index is 1.43. The van der Waals surface area contributed by atoms with Crippen LogP contribution in [0.5, 0.6) is 17.2 Å². The van der Waals surface area contributed by atoms with Gasteiger partial charge in [-0.25, -0.2) is 0 Å². The largest absolute Gasteiger partial charge is 0.497 e. The van der Waals surface area contributed by atoms with Crippen LogP contribution in [0.2, 0.25) is 0 Å².